The molecule has 0 aliphatic carbocycles. The van der Waals surface area contributed by atoms with Gasteiger partial charge in [-0.1, -0.05) is 12.1 Å². The van der Waals surface area contributed by atoms with E-state index in [2.05, 4.69) is 32.0 Å². The van der Waals surface area contributed by atoms with Gasteiger partial charge in [-0.25, -0.2) is 0 Å². The SMILES string of the molecule is Cc1ccc(C)c(OC2CCN(C(=O)[C@H](C)N)CC2)c1. The lowest BCUT2D eigenvalue weighted by atomic mass is 10.1. The highest BCUT2D eigenvalue weighted by molar-refractivity contribution is 5.81. The minimum absolute atomic E-state index is 0.0372. The molecule has 4 heteroatoms. The molecule has 1 atom stereocenters. The van der Waals surface area contributed by atoms with E-state index in [1.807, 2.05) is 4.90 Å². The maximum atomic E-state index is 11.8. The molecule has 1 aliphatic heterocycles. The Morgan fingerprint density at radius 3 is 2.60 bits per heavy atom. The van der Waals surface area contributed by atoms with Gasteiger partial charge in [-0.2, -0.15) is 0 Å². The number of amides is 1. The molecule has 0 bridgehead atoms. The van der Waals surface area contributed by atoms with Crippen molar-refractivity contribution in [2.75, 3.05) is 13.1 Å². The van der Waals surface area contributed by atoms with E-state index in [4.69, 9.17) is 10.5 Å². The Hall–Kier alpha value is -1.55. The summed E-state index contributed by atoms with van der Waals surface area (Å²) in [5.41, 5.74) is 8.00. The van der Waals surface area contributed by atoms with Crippen LogP contribution < -0.4 is 10.5 Å². The highest BCUT2D eigenvalue weighted by Crippen LogP contribution is 2.24. The number of nitrogens with zero attached hydrogens (tertiary/aromatic N) is 1. The highest BCUT2D eigenvalue weighted by Gasteiger charge is 2.25. The van der Waals surface area contributed by atoms with Crippen LogP contribution in [0.3, 0.4) is 0 Å². The summed E-state index contributed by atoms with van der Waals surface area (Å²) >= 11 is 0. The van der Waals surface area contributed by atoms with Crippen LogP contribution in [0.4, 0.5) is 0 Å². The predicted octanol–water partition coefficient (Wildman–Crippen LogP) is 2.02. The van der Waals surface area contributed by atoms with Crippen LogP contribution in [0.15, 0.2) is 18.2 Å². The van der Waals surface area contributed by atoms with Crippen molar-refractivity contribution in [2.45, 2.75) is 45.8 Å². The summed E-state index contributed by atoms with van der Waals surface area (Å²) < 4.78 is 6.09. The van der Waals surface area contributed by atoms with E-state index in [1.54, 1.807) is 6.92 Å². The molecule has 20 heavy (non-hydrogen) atoms. The van der Waals surface area contributed by atoms with E-state index in [0.29, 0.717) is 0 Å². The number of rotatable bonds is 3. The maximum absolute atomic E-state index is 11.8. The second kappa shape index (κ2) is 6.27. The molecule has 0 unspecified atom stereocenters. The van der Waals surface area contributed by atoms with E-state index < -0.39 is 6.04 Å². The maximum Gasteiger partial charge on any atom is 0.239 e. The lowest BCUT2D eigenvalue weighted by molar-refractivity contribution is -0.133. The Morgan fingerprint density at radius 1 is 1.35 bits per heavy atom. The molecule has 2 N–H and O–H groups in total. The monoisotopic (exact) mass is 276 g/mol. The molecule has 2 rings (SSSR count). The zero-order valence-corrected chi connectivity index (χ0v) is 12.6. The standard InChI is InChI=1S/C16H24N2O2/c1-11-4-5-12(2)15(10-11)20-14-6-8-18(9-7-14)16(19)13(3)17/h4-5,10,13-14H,6-9,17H2,1-3H3/t13-/m0/s1. The Labute approximate surface area is 120 Å². The van der Waals surface area contributed by atoms with Crippen molar-refractivity contribution in [3.8, 4) is 5.75 Å². The Balaban J connectivity index is 1.91. The van der Waals surface area contributed by atoms with E-state index in [0.717, 1.165) is 37.2 Å². The van der Waals surface area contributed by atoms with Gasteiger partial charge in [0.2, 0.25) is 5.91 Å². The minimum Gasteiger partial charge on any atom is -0.490 e. The molecule has 110 valence electrons. The van der Waals surface area contributed by atoms with Gasteiger partial charge in [-0.05, 0) is 38.0 Å². The Bertz CT molecular complexity index is 477. The van der Waals surface area contributed by atoms with E-state index in [1.165, 1.54) is 5.56 Å². The van der Waals surface area contributed by atoms with Gasteiger partial charge < -0.3 is 15.4 Å². The van der Waals surface area contributed by atoms with Gasteiger partial charge in [0.15, 0.2) is 0 Å². The first-order valence-corrected chi connectivity index (χ1v) is 7.25. The summed E-state index contributed by atoms with van der Waals surface area (Å²) in [6, 6.07) is 5.84. The van der Waals surface area contributed by atoms with E-state index >= 15 is 0 Å². The second-order valence-electron chi connectivity index (χ2n) is 5.70. The first-order valence-electron chi connectivity index (χ1n) is 7.25. The fraction of sp³-hybridized carbons (Fsp3) is 0.562. The van der Waals surface area contributed by atoms with Crippen molar-refractivity contribution in [3.63, 3.8) is 0 Å². The van der Waals surface area contributed by atoms with Gasteiger partial charge in [-0.3, -0.25) is 4.79 Å². The number of piperidine rings is 1. The van der Waals surface area contributed by atoms with Crippen LogP contribution in [0.25, 0.3) is 0 Å². The number of ether oxygens (including phenoxy) is 1. The lowest BCUT2D eigenvalue weighted by Gasteiger charge is -2.33. The summed E-state index contributed by atoms with van der Waals surface area (Å²) in [7, 11) is 0. The van der Waals surface area contributed by atoms with Crippen molar-refractivity contribution >= 4 is 5.91 Å². The third-order valence-electron chi connectivity index (χ3n) is 3.78. The van der Waals surface area contributed by atoms with Crippen LogP contribution in [0.1, 0.15) is 30.9 Å². The molecule has 0 spiro atoms. The second-order valence-corrected chi connectivity index (χ2v) is 5.70. The van der Waals surface area contributed by atoms with Crippen LogP contribution in [0, 0.1) is 13.8 Å². The zero-order chi connectivity index (χ0) is 14.7. The van der Waals surface area contributed by atoms with Crippen LogP contribution >= 0.6 is 0 Å². The van der Waals surface area contributed by atoms with Crippen molar-refractivity contribution in [1.29, 1.82) is 0 Å². The predicted molar refractivity (Wildman–Crippen MR) is 79.8 cm³/mol. The van der Waals surface area contributed by atoms with Crippen LogP contribution in [0.2, 0.25) is 0 Å². The first kappa shape index (κ1) is 14.9. The van der Waals surface area contributed by atoms with Gasteiger partial charge in [0.05, 0.1) is 6.04 Å². The largest absolute Gasteiger partial charge is 0.490 e. The van der Waals surface area contributed by atoms with Gasteiger partial charge in [0.25, 0.3) is 0 Å². The summed E-state index contributed by atoms with van der Waals surface area (Å²) in [5, 5.41) is 0. The van der Waals surface area contributed by atoms with Crippen LogP contribution in [0.5, 0.6) is 5.75 Å². The number of benzene rings is 1. The number of hydrogen-bond acceptors (Lipinski definition) is 3. The van der Waals surface area contributed by atoms with Crippen molar-refractivity contribution in [2.24, 2.45) is 5.73 Å². The molecule has 0 saturated carbocycles. The molecular formula is C16H24N2O2. The molecule has 1 aromatic rings. The fourth-order valence-electron chi connectivity index (χ4n) is 2.50. The van der Waals surface area contributed by atoms with Gasteiger partial charge in [0.1, 0.15) is 11.9 Å². The van der Waals surface area contributed by atoms with Crippen molar-refractivity contribution in [1.82, 2.24) is 4.90 Å². The number of carbonyl (C=O) groups is 1. The molecule has 1 fully saturated rings. The van der Waals surface area contributed by atoms with Crippen molar-refractivity contribution in [3.05, 3.63) is 29.3 Å². The Morgan fingerprint density at radius 2 is 2.00 bits per heavy atom. The highest BCUT2D eigenvalue weighted by atomic mass is 16.5. The summed E-state index contributed by atoms with van der Waals surface area (Å²) in [6.07, 6.45) is 1.92. The molecule has 1 aromatic carbocycles. The molecule has 1 heterocycles. The molecule has 0 aromatic heterocycles. The number of nitrogens with two attached hydrogens (primary N) is 1. The number of hydrogen-bond donors (Lipinski definition) is 1. The first-order chi connectivity index (χ1) is 9.47. The average molecular weight is 276 g/mol. The molecular weight excluding hydrogens is 252 g/mol. The summed E-state index contributed by atoms with van der Waals surface area (Å²) in [6.45, 7) is 7.33. The smallest absolute Gasteiger partial charge is 0.239 e. The van der Waals surface area contributed by atoms with E-state index in [-0.39, 0.29) is 12.0 Å². The van der Waals surface area contributed by atoms with Gasteiger partial charge in [0, 0.05) is 25.9 Å². The normalized spacial score (nSPS) is 17.9. The van der Waals surface area contributed by atoms with Crippen LogP contribution in [-0.2, 0) is 4.79 Å². The van der Waals surface area contributed by atoms with Gasteiger partial charge >= 0.3 is 0 Å². The number of likely N-dealkylation sites (tertiary alicyclic amines) is 1. The minimum atomic E-state index is -0.411. The molecule has 1 saturated heterocycles. The topological polar surface area (TPSA) is 55.6 Å². The molecule has 4 nitrogen and oxygen atoms in total. The molecule has 0 radical (unpaired) electrons. The average Bonchev–Trinajstić information content (AvgIpc) is 2.43. The van der Waals surface area contributed by atoms with Gasteiger partial charge in [-0.15, -0.1) is 0 Å². The zero-order valence-electron chi connectivity index (χ0n) is 12.6. The summed E-state index contributed by atoms with van der Waals surface area (Å²) in [4.78, 5) is 13.7. The molecule has 1 aliphatic rings. The number of aryl methyl sites for hydroxylation is 2. The third kappa shape index (κ3) is 3.51. The quantitative estimate of drug-likeness (QED) is 0.919. The van der Waals surface area contributed by atoms with Crippen LogP contribution in [-0.4, -0.2) is 36.0 Å². The van der Waals surface area contributed by atoms with E-state index in [9.17, 15) is 4.79 Å². The van der Waals surface area contributed by atoms with Crippen molar-refractivity contribution < 1.29 is 9.53 Å². The Kier molecular flexibility index (Phi) is 4.65. The number of carbonyl (C=O) groups excluding carboxylic acids is 1. The third-order valence-corrected chi connectivity index (χ3v) is 3.78. The summed E-state index contributed by atoms with van der Waals surface area (Å²) in [5.74, 6) is 0.997. The molecule has 1 amide bonds. The fourth-order valence-corrected chi connectivity index (χ4v) is 2.50. The lowest BCUT2D eigenvalue weighted by Crippen LogP contribution is -2.47.